The molecular weight excluding hydrogens is 216 g/mol. The quantitative estimate of drug-likeness (QED) is 0.803. The van der Waals surface area contributed by atoms with Crippen LogP contribution in [0.15, 0.2) is 0 Å². The van der Waals surface area contributed by atoms with Gasteiger partial charge in [0.15, 0.2) is 0 Å². The lowest BCUT2D eigenvalue weighted by Gasteiger charge is -2.35. The summed E-state index contributed by atoms with van der Waals surface area (Å²) in [5, 5.41) is 6.94. The van der Waals surface area contributed by atoms with Crippen molar-refractivity contribution in [3.8, 4) is 0 Å². The number of hydrogen-bond acceptors (Lipinski definition) is 3. The maximum Gasteiger partial charge on any atom is 0.257 e. The summed E-state index contributed by atoms with van der Waals surface area (Å²) in [7, 11) is 0. The number of nitrogens with two attached hydrogens (primary N) is 1. The molecule has 3 N–H and O–H groups in total. The average molecular weight is 236 g/mol. The first-order valence-corrected chi connectivity index (χ1v) is 6.17. The molecule has 0 spiro atoms. The van der Waals surface area contributed by atoms with E-state index in [1.54, 1.807) is 0 Å². The molecule has 1 amide bonds. The van der Waals surface area contributed by atoms with E-state index in [1.165, 1.54) is 0 Å². The molecule has 17 heavy (non-hydrogen) atoms. The third-order valence-electron chi connectivity index (χ3n) is 3.50. The molecule has 0 radical (unpaired) electrons. The van der Waals surface area contributed by atoms with Crippen LogP contribution in [0.4, 0.5) is 0 Å². The van der Waals surface area contributed by atoms with Crippen molar-refractivity contribution in [2.45, 2.75) is 39.2 Å². The number of piperidine rings is 1. The lowest BCUT2D eigenvalue weighted by Crippen LogP contribution is -2.47. The van der Waals surface area contributed by atoms with Gasteiger partial charge in [-0.15, -0.1) is 0 Å². The van der Waals surface area contributed by atoms with Crippen molar-refractivity contribution in [2.75, 3.05) is 13.1 Å². The largest absolute Gasteiger partial charge is 0.334 e. The van der Waals surface area contributed by atoms with E-state index in [9.17, 15) is 4.79 Å². The standard InChI is InChI=1S/C12H20N4O/c1-8-11(9(2)15-14-8)12(17)16-6-4-3-5-10(16)7-13/h10H,3-7,13H2,1-2H3,(H,14,15). The average Bonchev–Trinajstić information content (AvgIpc) is 2.68. The molecule has 1 aromatic rings. The van der Waals surface area contributed by atoms with Crippen LogP contribution in [0.2, 0.25) is 0 Å². The van der Waals surface area contributed by atoms with Gasteiger partial charge in [-0.2, -0.15) is 5.10 Å². The number of likely N-dealkylation sites (tertiary alicyclic amines) is 1. The number of amides is 1. The first kappa shape index (κ1) is 12.1. The van der Waals surface area contributed by atoms with Gasteiger partial charge in [0.25, 0.3) is 5.91 Å². The van der Waals surface area contributed by atoms with Gasteiger partial charge in [-0.1, -0.05) is 0 Å². The Hall–Kier alpha value is -1.36. The van der Waals surface area contributed by atoms with Crippen LogP contribution in [0.5, 0.6) is 0 Å². The highest BCUT2D eigenvalue weighted by molar-refractivity contribution is 5.96. The molecule has 1 aromatic heterocycles. The van der Waals surface area contributed by atoms with Crippen molar-refractivity contribution >= 4 is 5.91 Å². The van der Waals surface area contributed by atoms with Crippen LogP contribution in [0.3, 0.4) is 0 Å². The van der Waals surface area contributed by atoms with Crippen molar-refractivity contribution in [1.29, 1.82) is 0 Å². The summed E-state index contributed by atoms with van der Waals surface area (Å²) < 4.78 is 0. The van der Waals surface area contributed by atoms with E-state index in [1.807, 2.05) is 18.7 Å². The maximum atomic E-state index is 12.5. The summed E-state index contributed by atoms with van der Waals surface area (Å²) in [4.78, 5) is 14.4. The molecule has 1 saturated heterocycles. The van der Waals surface area contributed by atoms with Crippen molar-refractivity contribution in [2.24, 2.45) is 5.73 Å². The molecule has 0 aromatic carbocycles. The summed E-state index contributed by atoms with van der Waals surface area (Å²) >= 11 is 0. The number of carbonyl (C=O) groups is 1. The number of hydrogen-bond donors (Lipinski definition) is 2. The predicted molar refractivity (Wildman–Crippen MR) is 65.8 cm³/mol. The van der Waals surface area contributed by atoms with Crippen molar-refractivity contribution in [1.82, 2.24) is 15.1 Å². The fraction of sp³-hybridized carbons (Fsp3) is 0.667. The Bertz CT molecular complexity index is 393. The predicted octanol–water partition coefficient (Wildman–Crippen LogP) is 0.980. The van der Waals surface area contributed by atoms with E-state index in [2.05, 4.69) is 10.2 Å². The third kappa shape index (κ3) is 2.20. The van der Waals surface area contributed by atoms with Gasteiger partial charge in [-0.05, 0) is 33.1 Å². The van der Waals surface area contributed by atoms with E-state index in [4.69, 9.17) is 5.73 Å². The second kappa shape index (κ2) is 4.87. The van der Waals surface area contributed by atoms with Crippen LogP contribution in [0.25, 0.3) is 0 Å². The number of aryl methyl sites for hydroxylation is 2. The fourth-order valence-electron chi connectivity index (χ4n) is 2.52. The minimum atomic E-state index is 0.0731. The number of aromatic nitrogens is 2. The normalized spacial score (nSPS) is 20.6. The monoisotopic (exact) mass is 236 g/mol. The molecule has 2 rings (SSSR count). The molecule has 1 aliphatic heterocycles. The lowest BCUT2D eigenvalue weighted by atomic mass is 10.0. The Balaban J connectivity index is 2.24. The molecule has 1 fully saturated rings. The molecule has 1 unspecified atom stereocenters. The zero-order valence-corrected chi connectivity index (χ0v) is 10.5. The number of H-pyrrole nitrogens is 1. The van der Waals surface area contributed by atoms with Gasteiger partial charge in [0, 0.05) is 24.8 Å². The zero-order chi connectivity index (χ0) is 12.4. The van der Waals surface area contributed by atoms with Gasteiger partial charge >= 0.3 is 0 Å². The molecule has 0 bridgehead atoms. The maximum absolute atomic E-state index is 12.5. The van der Waals surface area contributed by atoms with Gasteiger partial charge in [0.2, 0.25) is 0 Å². The molecule has 1 atom stereocenters. The van der Waals surface area contributed by atoms with Crippen LogP contribution in [-0.2, 0) is 0 Å². The number of rotatable bonds is 2. The van der Waals surface area contributed by atoms with Crippen molar-refractivity contribution in [3.63, 3.8) is 0 Å². The second-order valence-electron chi connectivity index (χ2n) is 4.69. The van der Waals surface area contributed by atoms with E-state index >= 15 is 0 Å². The van der Waals surface area contributed by atoms with Gasteiger partial charge in [-0.25, -0.2) is 0 Å². The number of aromatic amines is 1. The highest BCUT2D eigenvalue weighted by Gasteiger charge is 2.29. The topological polar surface area (TPSA) is 75.0 Å². The first-order chi connectivity index (χ1) is 8.15. The second-order valence-corrected chi connectivity index (χ2v) is 4.69. The van der Waals surface area contributed by atoms with Gasteiger partial charge in [0.05, 0.1) is 11.3 Å². The minimum absolute atomic E-state index is 0.0731. The Labute approximate surface area is 101 Å². The summed E-state index contributed by atoms with van der Waals surface area (Å²) in [5.41, 5.74) is 8.07. The zero-order valence-electron chi connectivity index (χ0n) is 10.5. The van der Waals surface area contributed by atoms with Crippen LogP contribution in [0.1, 0.15) is 41.0 Å². The Morgan fingerprint density at radius 1 is 1.53 bits per heavy atom. The fourth-order valence-corrected chi connectivity index (χ4v) is 2.52. The Kier molecular flexibility index (Phi) is 3.47. The Morgan fingerprint density at radius 3 is 2.88 bits per heavy atom. The van der Waals surface area contributed by atoms with Gasteiger partial charge < -0.3 is 10.6 Å². The first-order valence-electron chi connectivity index (χ1n) is 6.17. The summed E-state index contributed by atoms with van der Waals surface area (Å²) in [5.74, 6) is 0.0731. The number of nitrogens with one attached hydrogen (secondary N) is 1. The van der Waals surface area contributed by atoms with Crippen LogP contribution < -0.4 is 5.73 Å². The molecule has 0 aliphatic carbocycles. The highest BCUT2D eigenvalue weighted by atomic mass is 16.2. The molecule has 5 nitrogen and oxygen atoms in total. The molecule has 1 aliphatic rings. The van der Waals surface area contributed by atoms with Crippen molar-refractivity contribution < 1.29 is 4.79 Å². The summed E-state index contributed by atoms with van der Waals surface area (Å²) in [6, 6.07) is 0.185. The molecule has 0 saturated carbocycles. The van der Waals surface area contributed by atoms with Gasteiger partial charge in [-0.3, -0.25) is 9.89 Å². The van der Waals surface area contributed by atoms with E-state index in [0.29, 0.717) is 12.1 Å². The van der Waals surface area contributed by atoms with Crippen molar-refractivity contribution in [3.05, 3.63) is 17.0 Å². The van der Waals surface area contributed by atoms with Crippen LogP contribution in [-0.4, -0.2) is 40.1 Å². The minimum Gasteiger partial charge on any atom is -0.334 e. The van der Waals surface area contributed by atoms with E-state index in [0.717, 1.165) is 37.2 Å². The Morgan fingerprint density at radius 2 is 2.29 bits per heavy atom. The number of carbonyl (C=O) groups excluding carboxylic acids is 1. The summed E-state index contributed by atoms with van der Waals surface area (Å²) in [6.45, 7) is 5.10. The van der Waals surface area contributed by atoms with E-state index in [-0.39, 0.29) is 11.9 Å². The molecule has 94 valence electrons. The van der Waals surface area contributed by atoms with Crippen LogP contribution in [0, 0.1) is 13.8 Å². The van der Waals surface area contributed by atoms with E-state index < -0.39 is 0 Å². The smallest absolute Gasteiger partial charge is 0.257 e. The highest BCUT2D eigenvalue weighted by Crippen LogP contribution is 2.21. The molecule has 2 heterocycles. The molecule has 5 heteroatoms. The SMILES string of the molecule is Cc1n[nH]c(C)c1C(=O)N1CCCCC1CN. The third-order valence-corrected chi connectivity index (χ3v) is 3.50. The number of nitrogens with zero attached hydrogens (tertiary/aromatic N) is 2. The van der Waals surface area contributed by atoms with Crippen LogP contribution >= 0.6 is 0 Å². The summed E-state index contributed by atoms with van der Waals surface area (Å²) in [6.07, 6.45) is 3.24. The van der Waals surface area contributed by atoms with Gasteiger partial charge in [0.1, 0.15) is 0 Å². The molecular formula is C12H20N4O. The lowest BCUT2D eigenvalue weighted by molar-refractivity contribution is 0.0622.